The molecule has 0 fully saturated rings. The third-order valence-electron chi connectivity index (χ3n) is 4.03. The van der Waals surface area contributed by atoms with Crippen molar-refractivity contribution in [3.05, 3.63) is 81.7 Å². The van der Waals surface area contributed by atoms with E-state index >= 15 is 0 Å². The molecule has 0 spiro atoms. The molecule has 2 aromatic heterocycles. The minimum Gasteiger partial charge on any atom is -0.381 e. The van der Waals surface area contributed by atoms with Gasteiger partial charge in [-0.25, -0.2) is 4.98 Å². The highest BCUT2D eigenvalue weighted by molar-refractivity contribution is 6.31. The highest BCUT2D eigenvalue weighted by atomic mass is 35.5. The summed E-state index contributed by atoms with van der Waals surface area (Å²) in [7, 11) is 0. The minimum atomic E-state index is -0.131. The number of hydrogen-bond donors (Lipinski definition) is 2. The quantitative estimate of drug-likeness (QED) is 0.547. The van der Waals surface area contributed by atoms with Crippen LogP contribution in [-0.2, 0) is 6.54 Å². The Kier molecular flexibility index (Phi) is 3.67. The average molecular weight is 336 g/mol. The third kappa shape index (κ3) is 2.61. The van der Waals surface area contributed by atoms with E-state index in [1.54, 1.807) is 6.20 Å². The molecule has 0 aliphatic heterocycles. The van der Waals surface area contributed by atoms with Gasteiger partial charge in [-0.3, -0.25) is 4.79 Å². The Bertz CT molecular complexity index is 1100. The van der Waals surface area contributed by atoms with E-state index in [2.05, 4.69) is 15.3 Å². The summed E-state index contributed by atoms with van der Waals surface area (Å²) in [4.78, 5) is 19.2. The molecule has 0 aliphatic carbocycles. The van der Waals surface area contributed by atoms with Crippen molar-refractivity contribution < 1.29 is 0 Å². The van der Waals surface area contributed by atoms with Gasteiger partial charge < -0.3 is 10.3 Å². The van der Waals surface area contributed by atoms with E-state index in [0.29, 0.717) is 17.6 Å². The van der Waals surface area contributed by atoms with Crippen LogP contribution in [0.15, 0.2) is 65.6 Å². The molecule has 4 rings (SSSR count). The van der Waals surface area contributed by atoms with Crippen LogP contribution in [0.4, 0.5) is 5.69 Å². The summed E-state index contributed by atoms with van der Waals surface area (Å²) in [6.45, 7) is 0.616. The molecule has 2 heterocycles. The Morgan fingerprint density at radius 3 is 2.75 bits per heavy atom. The molecule has 118 valence electrons. The third-order valence-corrected chi connectivity index (χ3v) is 4.40. The maximum absolute atomic E-state index is 12.2. The summed E-state index contributed by atoms with van der Waals surface area (Å²) in [6.07, 6.45) is 1.67. The van der Waals surface area contributed by atoms with Gasteiger partial charge in [-0.15, -0.1) is 0 Å². The fourth-order valence-corrected chi connectivity index (χ4v) is 3.01. The predicted molar refractivity (Wildman–Crippen MR) is 98.6 cm³/mol. The van der Waals surface area contributed by atoms with Crippen LogP contribution in [0.3, 0.4) is 0 Å². The number of benzene rings is 2. The number of halogens is 1. The standard InChI is InChI=1S/C19H14ClN3O/c20-17-6-2-1-4-12(17)11-22-13-7-8-15-16(10-13)14-5-3-9-21-18(14)23-19(15)24/h1-10,22H,11H2,(H,21,23,24). The van der Waals surface area contributed by atoms with Crippen molar-refractivity contribution in [3.8, 4) is 0 Å². The summed E-state index contributed by atoms with van der Waals surface area (Å²) < 4.78 is 0. The largest absolute Gasteiger partial charge is 0.381 e. The molecular formula is C19H14ClN3O. The number of fused-ring (bicyclic) bond motifs is 3. The zero-order valence-corrected chi connectivity index (χ0v) is 13.5. The lowest BCUT2D eigenvalue weighted by atomic mass is 10.1. The molecule has 0 aliphatic rings. The molecule has 0 unspecified atom stereocenters. The normalized spacial score (nSPS) is 11.0. The van der Waals surface area contributed by atoms with E-state index in [-0.39, 0.29) is 5.56 Å². The first-order valence-corrected chi connectivity index (χ1v) is 7.98. The van der Waals surface area contributed by atoms with Gasteiger partial charge in [0.05, 0.1) is 0 Å². The Balaban J connectivity index is 1.76. The lowest BCUT2D eigenvalue weighted by Gasteiger charge is -2.10. The van der Waals surface area contributed by atoms with Gasteiger partial charge >= 0.3 is 0 Å². The first kappa shape index (κ1) is 14.7. The van der Waals surface area contributed by atoms with Gasteiger partial charge in [0.2, 0.25) is 0 Å². The summed E-state index contributed by atoms with van der Waals surface area (Å²) >= 11 is 6.19. The predicted octanol–water partition coefficient (Wildman–Crippen LogP) is 4.34. The smallest absolute Gasteiger partial charge is 0.257 e. The molecule has 0 saturated heterocycles. The number of rotatable bonds is 3. The van der Waals surface area contributed by atoms with E-state index in [0.717, 1.165) is 27.0 Å². The first-order valence-electron chi connectivity index (χ1n) is 7.60. The lowest BCUT2D eigenvalue weighted by Crippen LogP contribution is -2.07. The van der Waals surface area contributed by atoms with E-state index < -0.39 is 0 Å². The van der Waals surface area contributed by atoms with Gasteiger partial charge in [0.15, 0.2) is 0 Å². The van der Waals surface area contributed by atoms with Gasteiger partial charge in [0, 0.05) is 39.6 Å². The second-order valence-electron chi connectivity index (χ2n) is 5.56. The van der Waals surface area contributed by atoms with Crippen molar-refractivity contribution in [3.63, 3.8) is 0 Å². The highest BCUT2D eigenvalue weighted by Crippen LogP contribution is 2.24. The van der Waals surface area contributed by atoms with Crippen LogP contribution in [0.25, 0.3) is 21.8 Å². The van der Waals surface area contributed by atoms with Crippen molar-refractivity contribution in [2.24, 2.45) is 0 Å². The summed E-state index contributed by atoms with van der Waals surface area (Å²) in [5.74, 6) is 0. The van der Waals surface area contributed by atoms with E-state index in [1.165, 1.54) is 0 Å². The van der Waals surface area contributed by atoms with E-state index in [9.17, 15) is 4.79 Å². The Hall–Kier alpha value is -2.85. The second kappa shape index (κ2) is 5.98. The number of hydrogen-bond acceptors (Lipinski definition) is 3. The fraction of sp³-hybridized carbons (Fsp3) is 0.0526. The molecule has 0 saturated carbocycles. The van der Waals surface area contributed by atoms with Crippen molar-refractivity contribution in [2.45, 2.75) is 6.54 Å². The number of H-pyrrole nitrogens is 1. The Morgan fingerprint density at radius 1 is 1.00 bits per heavy atom. The molecule has 2 N–H and O–H groups in total. The van der Waals surface area contributed by atoms with E-state index in [4.69, 9.17) is 11.6 Å². The first-order chi connectivity index (χ1) is 11.7. The van der Waals surface area contributed by atoms with Crippen LogP contribution in [0, 0.1) is 0 Å². The molecule has 0 bridgehead atoms. The minimum absolute atomic E-state index is 0.131. The molecule has 5 heteroatoms. The lowest BCUT2D eigenvalue weighted by molar-refractivity contribution is 1.15. The molecule has 4 nitrogen and oxygen atoms in total. The number of aromatic nitrogens is 2. The molecule has 0 atom stereocenters. The maximum Gasteiger partial charge on any atom is 0.257 e. The summed E-state index contributed by atoms with van der Waals surface area (Å²) in [5.41, 5.74) is 2.42. The molecule has 24 heavy (non-hydrogen) atoms. The van der Waals surface area contributed by atoms with Gasteiger partial charge in [-0.2, -0.15) is 0 Å². The van der Waals surface area contributed by atoms with Crippen LogP contribution in [0.2, 0.25) is 5.02 Å². The topological polar surface area (TPSA) is 57.8 Å². The van der Waals surface area contributed by atoms with Gasteiger partial charge in [-0.05, 0) is 42.0 Å². The number of nitrogens with zero attached hydrogens (tertiary/aromatic N) is 1. The number of anilines is 1. The molecule has 0 amide bonds. The average Bonchev–Trinajstić information content (AvgIpc) is 2.61. The maximum atomic E-state index is 12.2. The van der Waals surface area contributed by atoms with Crippen LogP contribution in [0.5, 0.6) is 0 Å². The monoisotopic (exact) mass is 335 g/mol. The number of nitrogens with one attached hydrogen (secondary N) is 2. The molecular weight excluding hydrogens is 322 g/mol. The van der Waals surface area contributed by atoms with E-state index in [1.807, 2.05) is 54.6 Å². The second-order valence-corrected chi connectivity index (χ2v) is 5.97. The zero-order valence-electron chi connectivity index (χ0n) is 12.7. The molecule has 2 aromatic carbocycles. The SMILES string of the molecule is O=c1[nH]c2ncccc2c2cc(NCc3ccccc3Cl)ccc12. The molecule has 4 aromatic rings. The van der Waals surface area contributed by atoms with Crippen molar-refractivity contribution in [1.29, 1.82) is 0 Å². The van der Waals surface area contributed by atoms with Crippen molar-refractivity contribution in [2.75, 3.05) is 5.32 Å². The van der Waals surface area contributed by atoms with Gasteiger partial charge in [0.25, 0.3) is 5.56 Å². The van der Waals surface area contributed by atoms with Crippen molar-refractivity contribution in [1.82, 2.24) is 9.97 Å². The van der Waals surface area contributed by atoms with Gasteiger partial charge in [-0.1, -0.05) is 29.8 Å². The number of aromatic amines is 1. The van der Waals surface area contributed by atoms with Crippen molar-refractivity contribution >= 4 is 39.1 Å². The summed E-state index contributed by atoms with van der Waals surface area (Å²) in [6, 6.07) is 17.3. The Labute approximate surface area is 143 Å². The van der Waals surface area contributed by atoms with Crippen LogP contribution in [0.1, 0.15) is 5.56 Å². The fourth-order valence-electron chi connectivity index (χ4n) is 2.81. The summed E-state index contributed by atoms with van der Waals surface area (Å²) in [5, 5.41) is 6.55. The van der Waals surface area contributed by atoms with Gasteiger partial charge in [0.1, 0.15) is 5.65 Å². The van der Waals surface area contributed by atoms with Crippen LogP contribution >= 0.6 is 11.6 Å². The highest BCUT2D eigenvalue weighted by Gasteiger charge is 2.07. The van der Waals surface area contributed by atoms with Crippen LogP contribution in [-0.4, -0.2) is 9.97 Å². The zero-order chi connectivity index (χ0) is 16.5. The Morgan fingerprint density at radius 2 is 1.88 bits per heavy atom. The molecule has 0 radical (unpaired) electrons. The van der Waals surface area contributed by atoms with Crippen LogP contribution < -0.4 is 10.9 Å². The number of pyridine rings is 2.